The summed E-state index contributed by atoms with van der Waals surface area (Å²) in [6.07, 6.45) is -1.03. The van der Waals surface area contributed by atoms with Gasteiger partial charge in [-0.25, -0.2) is 17.8 Å². The summed E-state index contributed by atoms with van der Waals surface area (Å²) in [5, 5.41) is 31.7. The van der Waals surface area contributed by atoms with Crippen LogP contribution in [0.15, 0.2) is 24.3 Å². The average Bonchev–Trinajstić information content (AvgIpc) is 3.03. The number of carbonyl (C=O) groups is 1. The number of nitrogens with one attached hydrogen (secondary N) is 1. The highest BCUT2D eigenvalue weighted by atomic mass is 32.2. The second-order valence-electron chi connectivity index (χ2n) is 8.13. The van der Waals surface area contributed by atoms with Crippen LogP contribution in [0.3, 0.4) is 0 Å². The Morgan fingerprint density at radius 3 is 2.34 bits per heavy atom. The number of aliphatic hydroxyl groups is 2. The molecule has 9 nitrogen and oxygen atoms in total. The molecule has 1 aromatic carbocycles. The van der Waals surface area contributed by atoms with Gasteiger partial charge in [-0.1, -0.05) is 0 Å². The fraction of sp³-hybridized carbons (Fsp3) is 0.524. The third-order valence-electron chi connectivity index (χ3n) is 4.81. The van der Waals surface area contributed by atoms with E-state index in [9.17, 15) is 27.8 Å². The molecule has 4 N–H and O–H groups in total. The lowest BCUT2D eigenvalue weighted by Gasteiger charge is -2.19. The van der Waals surface area contributed by atoms with Crippen LogP contribution in [0.25, 0.3) is 11.3 Å². The van der Waals surface area contributed by atoms with Crippen LogP contribution in [-0.4, -0.2) is 63.6 Å². The van der Waals surface area contributed by atoms with E-state index >= 15 is 0 Å². The van der Waals surface area contributed by atoms with Crippen molar-refractivity contribution >= 4 is 21.8 Å². The maximum absolute atomic E-state index is 13.4. The number of imidazole rings is 1. The molecule has 2 aromatic rings. The minimum atomic E-state index is -3.32. The number of aliphatic carboxylic acids is 1. The number of halogens is 1. The highest BCUT2D eigenvalue weighted by Crippen LogP contribution is 2.31. The smallest absolute Gasteiger partial charge is 0.305 e. The van der Waals surface area contributed by atoms with Crippen molar-refractivity contribution in [3.8, 4) is 11.3 Å². The molecule has 2 rings (SSSR count). The lowest BCUT2D eigenvalue weighted by atomic mass is 10.0. The first kappa shape index (κ1) is 25.8. The van der Waals surface area contributed by atoms with Crippen LogP contribution >= 0.6 is 0 Å². The van der Waals surface area contributed by atoms with Gasteiger partial charge in [0.2, 0.25) is 5.95 Å². The predicted octanol–water partition coefficient (Wildman–Crippen LogP) is 2.20. The van der Waals surface area contributed by atoms with E-state index in [1.54, 1.807) is 12.1 Å². The van der Waals surface area contributed by atoms with Gasteiger partial charge in [-0.2, -0.15) is 0 Å². The number of aliphatic hydroxyl groups excluding tert-OH is 2. The van der Waals surface area contributed by atoms with Crippen LogP contribution in [0, 0.1) is 5.82 Å². The number of carboxylic acids is 1. The summed E-state index contributed by atoms with van der Waals surface area (Å²) in [5.74, 6) is -1.54. The van der Waals surface area contributed by atoms with E-state index in [0.29, 0.717) is 29.3 Å². The number of nitrogens with zero attached hydrogens (tertiary/aromatic N) is 2. The minimum Gasteiger partial charge on any atom is -0.481 e. The third kappa shape index (κ3) is 7.57. The van der Waals surface area contributed by atoms with Crippen molar-refractivity contribution in [2.75, 3.05) is 17.4 Å². The van der Waals surface area contributed by atoms with Crippen molar-refractivity contribution in [3.63, 3.8) is 0 Å². The highest BCUT2D eigenvalue weighted by molar-refractivity contribution is 7.90. The fourth-order valence-corrected chi connectivity index (χ4v) is 3.83. The van der Waals surface area contributed by atoms with Gasteiger partial charge in [0.25, 0.3) is 0 Å². The molecule has 0 fully saturated rings. The Kier molecular flexibility index (Phi) is 8.76. The maximum Gasteiger partial charge on any atom is 0.305 e. The predicted molar refractivity (Wildman–Crippen MR) is 119 cm³/mol. The van der Waals surface area contributed by atoms with Gasteiger partial charge in [0.1, 0.15) is 11.7 Å². The Morgan fingerprint density at radius 1 is 1.19 bits per heavy atom. The van der Waals surface area contributed by atoms with E-state index < -0.39 is 40.3 Å². The number of sulfone groups is 1. The Labute approximate surface area is 186 Å². The zero-order chi connectivity index (χ0) is 24.1. The molecule has 178 valence electrons. The van der Waals surface area contributed by atoms with Crippen LogP contribution in [-0.2, 0) is 21.1 Å². The van der Waals surface area contributed by atoms with Crippen molar-refractivity contribution in [1.82, 2.24) is 9.55 Å². The first-order chi connectivity index (χ1) is 14.9. The quantitative estimate of drug-likeness (QED) is 0.369. The summed E-state index contributed by atoms with van der Waals surface area (Å²) in [6.45, 7) is 3.80. The number of benzene rings is 1. The van der Waals surface area contributed by atoms with E-state index in [1.807, 2.05) is 18.4 Å². The van der Waals surface area contributed by atoms with Gasteiger partial charge in [-0.05, 0) is 57.4 Å². The number of aromatic nitrogens is 2. The van der Waals surface area contributed by atoms with Gasteiger partial charge in [-0.3, -0.25) is 4.79 Å². The zero-order valence-electron chi connectivity index (χ0n) is 18.3. The van der Waals surface area contributed by atoms with Gasteiger partial charge >= 0.3 is 5.97 Å². The van der Waals surface area contributed by atoms with Crippen LogP contribution in [0.2, 0.25) is 0 Å². The van der Waals surface area contributed by atoms with Gasteiger partial charge in [0.15, 0.2) is 9.84 Å². The van der Waals surface area contributed by atoms with Gasteiger partial charge in [0, 0.05) is 23.6 Å². The summed E-state index contributed by atoms with van der Waals surface area (Å²) < 4.78 is 38.5. The molecule has 0 saturated heterocycles. The lowest BCUT2D eigenvalue weighted by Crippen LogP contribution is -2.22. The van der Waals surface area contributed by atoms with E-state index in [2.05, 4.69) is 10.3 Å². The SMILES string of the molecule is CC(C)n1c(NCS(C)(=O)=O)nc(-c2ccc(F)cc2)c1CCC(O)CC(O)CC(=O)O. The molecule has 0 aliphatic heterocycles. The van der Waals surface area contributed by atoms with E-state index in [0.717, 1.165) is 6.26 Å². The molecule has 0 spiro atoms. The first-order valence-electron chi connectivity index (χ1n) is 10.2. The van der Waals surface area contributed by atoms with Crippen LogP contribution in [0.4, 0.5) is 10.3 Å². The Morgan fingerprint density at radius 2 is 1.81 bits per heavy atom. The van der Waals surface area contributed by atoms with Crippen molar-refractivity contribution in [2.45, 2.75) is 57.8 Å². The van der Waals surface area contributed by atoms with Gasteiger partial charge < -0.3 is 25.2 Å². The fourth-order valence-electron chi connectivity index (χ4n) is 3.44. The Bertz CT molecular complexity index is 1020. The summed E-state index contributed by atoms with van der Waals surface area (Å²) in [6, 6.07) is 5.63. The van der Waals surface area contributed by atoms with Crippen molar-refractivity contribution < 1.29 is 32.9 Å². The molecule has 2 atom stereocenters. The van der Waals surface area contributed by atoms with E-state index in [4.69, 9.17) is 5.11 Å². The minimum absolute atomic E-state index is 0.0901. The summed E-state index contributed by atoms with van der Waals surface area (Å²) in [5.41, 5.74) is 1.85. The molecular weight excluding hydrogens is 441 g/mol. The lowest BCUT2D eigenvalue weighted by molar-refractivity contribution is -0.139. The van der Waals surface area contributed by atoms with Crippen LogP contribution < -0.4 is 5.32 Å². The molecule has 0 aliphatic carbocycles. The highest BCUT2D eigenvalue weighted by Gasteiger charge is 2.23. The molecule has 1 aromatic heterocycles. The largest absolute Gasteiger partial charge is 0.481 e. The van der Waals surface area contributed by atoms with Crippen molar-refractivity contribution in [2.24, 2.45) is 0 Å². The standard InChI is InChI=1S/C21H30FN3O6S/c1-13(2)25-18(9-8-16(26)10-17(27)11-19(28)29)20(14-4-6-15(22)7-5-14)24-21(25)23-12-32(3,30)31/h4-7,13,16-17,26-27H,8-12H2,1-3H3,(H,23,24)(H,28,29). The second kappa shape index (κ2) is 10.9. The molecule has 0 saturated carbocycles. The molecular formula is C21H30FN3O6S. The maximum atomic E-state index is 13.4. The Hall–Kier alpha value is -2.50. The number of hydrogen-bond acceptors (Lipinski definition) is 7. The topological polar surface area (TPSA) is 142 Å². The normalized spacial score (nSPS) is 13.8. The summed E-state index contributed by atoms with van der Waals surface area (Å²) >= 11 is 0. The number of carboxylic acid groups (broad SMARTS) is 1. The molecule has 0 bridgehead atoms. The van der Waals surface area contributed by atoms with E-state index in [1.165, 1.54) is 12.1 Å². The van der Waals surface area contributed by atoms with Gasteiger partial charge in [-0.15, -0.1) is 0 Å². The van der Waals surface area contributed by atoms with E-state index in [-0.39, 0.29) is 24.8 Å². The van der Waals surface area contributed by atoms with Gasteiger partial charge in [0.05, 0.1) is 24.3 Å². The van der Waals surface area contributed by atoms with Crippen molar-refractivity contribution in [1.29, 1.82) is 0 Å². The second-order valence-corrected chi connectivity index (χ2v) is 10.3. The molecule has 1 heterocycles. The molecule has 0 radical (unpaired) electrons. The summed E-state index contributed by atoms with van der Waals surface area (Å²) in [7, 11) is -3.32. The molecule has 32 heavy (non-hydrogen) atoms. The third-order valence-corrected chi connectivity index (χ3v) is 5.47. The zero-order valence-corrected chi connectivity index (χ0v) is 19.1. The number of hydrogen-bond donors (Lipinski definition) is 4. The average molecular weight is 472 g/mol. The molecule has 2 unspecified atom stereocenters. The number of rotatable bonds is 12. The molecule has 0 aliphatic rings. The van der Waals surface area contributed by atoms with Crippen LogP contribution in [0.5, 0.6) is 0 Å². The summed E-state index contributed by atoms with van der Waals surface area (Å²) in [4.78, 5) is 15.3. The Balaban J connectivity index is 2.37. The first-order valence-corrected chi connectivity index (χ1v) is 12.3. The van der Waals surface area contributed by atoms with Crippen molar-refractivity contribution in [3.05, 3.63) is 35.8 Å². The molecule has 0 amide bonds. The molecule has 11 heteroatoms. The number of anilines is 1. The monoisotopic (exact) mass is 471 g/mol. The van der Waals surface area contributed by atoms with Crippen LogP contribution in [0.1, 0.15) is 44.8 Å².